The summed E-state index contributed by atoms with van der Waals surface area (Å²) in [5.74, 6) is -0.548. The van der Waals surface area contributed by atoms with Crippen LogP contribution in [0.2, 0.25) is 0 Å². The minimum Gasteiger partial charge on any atom is -0.392 e. The molecule has 0 aliphatic rings. The summed E-state index contributed by atoms with van der Waals surface area (Å²) in [4.78, 5) is 21.9. The number of hydrogen-bond donors (Lipinski definition) is 3. The van der Waals surface area contributed by atoms with Crippen LogP contribution >= 0.6 is 0 Å². The first-order chi connectivity index (χ1) is 8.11. The molecule has 1 aromatic rings. The van der Waals surface area contributed by atoms with Crippen molar-refractivity contribution in [1.82, 2.24) is 0 Å². The van der Waals surface area contributed by atoms with Gasteiger partial charge >= 0.3 is 0 Å². The molecule has 0 atom stereocenters. The molecular weight excluding hydrogens is 220 g/mol. The number of amides is 2. The molecule has 0 unspecified atom stereocenters. The Labute approximate surface area is 99.6 Å². The molecule has 0 aliphatic heterocycles. The Balaban J connectivity index is 2.37. The maximum atomic E-state index is 11.4. The predicted octanol–water partition coefficient (Wildman–Crippen LogP) is 0.773. The van der Waals surface area contributed by atoms with Crippen molar-refractivity contribution >= 4 is 17.5 Å². The molecule has 1 rings (SSSR count). The van der Waals surface area contributed by atoms with Gasteiger partial charge in [-0.3, -0.25) is 9.59 Å². The minimum absolute atomic E-state index is 0.0210. The standard InChI is InChI=1S/C12H16N2O3/c13-11(16)2-1-3-12(17)14-10-6-4-9(8-15)5-7-10/h4-7,15H,1-3,8H2,(H2,13,16)(H,14,17). The van der Waals surface area contributed by atoms with E-state index >= 15 is 0 Å². The van der Waals surface area contributed by atoms with Gasteiger partial charge in [0.25, 0.3) is 0 Å². The van der Waals surface area contributed by atoms with E-state index in [1.807, 2.05) is 0 Å². The van der Waals surface area contributed by atoms with Gasteiger partial charge in [-0.05, 0) is 24.1 Å². The van der Waals surface area contributed by atoms with Crippen LogP contribution in [0.3, 0.4) is 0 Å². The first-order valence-electron chi connectivity index (χ1n) is 5.40. The highest BCUT2D eigenvalue weighted by Gasteiger charge is 2.03. The summed E-state index contributed by atoms with van der Waals surface area (Å²) in [5.41, 5.74) is 6.43. The topological polar surface area (TPSA) is 92.4 Å². The molecule has 0 aliphatic carbocycles. The van der Waals surface area contributed by atoms with Crippen molar-refractivity contribution in [1.29, 1.82) is 0 Å². The Kier molecular flexibility index (Phi) is 5.16. The number of anilines is 1. The number of rotatable bonds is 6. The van der Waals surface area contributed by atoms with Gasteiger partial charge in [-0.2, -0.15) is 0 Å². The van der Waals surface area contributed by atoms with Gasteiger partial charge in [0.2, 0.25) is 11.8 Å². The molecule has 92 valence electrons. The van der Waals surface area contributed by atoms with E-state index in [4.69, 9.17) is 10.8 Å². The highest BCUT2D eigenvalue weighted by molar-refractivity contribution is 5.90. The molecule has 0 spiro atoms. The van der Waals surface area contributed by atoms with Crippen molar-refractivity contribution in [3.05, 3.63) is 29.8 Å². The zero-order valence-corrected chi connectivity index (χ0v) is 9.48. The SMILES string of the molecule is NC(=O)CCCC(=O)Nc1ccc(CO)cc1. The summed E-state index contributed by atoms with van der Waals surface area (Å²) < 4.78 is 0. The summed E-state index contributed by atoms with van der Waals surface area (Å²) >= 11 is 0. The Morgan fingerprint density at radius 1 is 1.18 bits per heavy atom. The molecule has 17 heavy (non-hydrogen) atoms. The second-order valence-electron chi connectivity index (χ2n) is 3.72. The molecule has 5 heteroatoms. The molecule has 0 saturated carbocycles. The number of nitrogens with two attached hydrogens (primary N) is 1. The highest BCUT2D eigenvalue weighted by Crippen LogP contribution is 2.10. The van der Waals surface area contributed by atoms with Crippen molar-refractivity contribution in [2.45, 2.75) is 25.9 Å². The number of carbonyl (C=O) groups excluding carboxylic acids is 2. The predicted molar refractivity (Wildman–Crippen MR) is 64.0 cm³/mol. The van der Waals surface area contributed by atoms with Crippen molar-refractivity contribution in [3.63, 3.8) is 0 Å². The molecule has 0 bridgehead atoms. The van der Waals surface area contributed by atoms with Crippen molar-refractivity contribution in [2.75, 3.05) is 5.32 Å². The van der Waals surface area contributed by atoms with Gasteiger partial charge < -0.3 is 16.2 Å². The Morgan fingerprint density at radius 3 is 2.35 bits per heavy atom. The van der Waals surface area contributed by atoms with Crippen LogP contribution in [0.15, 0.2) is 24.3 Å². The number of primary amides is 1. The molecule has 4 N–H and O–H groups in total. The van der Waals surface area contributed by atoms with E-state index in [9.17, 15) is 9.59 Å². The molecule has 0 fully saturated rings. The van der Waals surface area contributed by atoms with Crippen LogP contribution in [-0.2, 0) is 16.2 Å². The summed E-state index contributed by atoms with van der Waals surface area (Å²) in [5, 5.41) is 11.5. The Morgan fingerprint density at radius 2 is 1.82 bits per heavy atom. The third-order valence-electron chi connectivity index (χ3n) is 2.25. The number of carbonyl (C=O) groups is 2. The van der Waals surface area contributed by atoms with Crippen LogP contribution < -0.4 is 11.1 Å². The molecule has 2 amide bonds. The van der Waals surface area contributed by atoms with E-state index < -0.39 is 5.91 Å². The molecule has 0 aromatic heterocycles. The minimum atomic E-state index is -0.398. The zero-order chi connectivity index (χ0) is 12.7. The molecule has 0 radical (unpaired) electrons. The van der Waals surface area contributed by atoms with Gasteiger partial charge in [-0.15, -0.1) is 0 Å². The fourth-order valence-electron chi connectivity index (χ4n) is 1.34. The second kappa shape index (κ2) is 6.65. The van der Waals surface area contributed by atoms with Crippen LogP contribution in [0.5, 0.6) is 0 Å². The normalized spacial score (nSPS) is 9.94. The lowest BCUT2D eigenvalue weighted by Crippen LogP contribution is -2.14. The van der Waals surface area contributed by atoms with Gasteiger partial charge in [-0.25, -0.2) is 0 Å². The molecular formula is C12H16N2O3. The average molecular weight is 236 g/mol. The summed E-state index contributed by atoms with van der Waals surface area (Å²) in [6.07, 6.45) is 0.942. The van der Waals surface area contributed by atoms with E-state index in [1.165, 1.54) is 0 Å². The average Bonchev–Trinajstić information content (AvgIpc) is 2.29. The summed E-state index contributed by atoms with van der Waals surface area (Å²) in [6.45, 7) is -0.0210. The monoisotopic (exact) mass is 236 g/mol. The quantitative estimate of drug-likeness (QED) is 0.681. The summed E-state index contributed by atoms with van der Waals surface area (Å²) in [6, 6.07) is 6.91. The Bertz CT molecular complexity index is 387. The number of nitrogens with one attached hydrogen (secondary N) is 1. The fraction of sp³-hybridized carbons (Fsp3) is 0.333. The van der Waals surface area contributed by atoms with Crippen LogP contribution in [0.4, 0.5) is 5.69 Å². The van der Waals surface area contributed by atoms with Gasteiger partial charge in [0.15, 0.2) is 0 Å². The van der Waals surface area contributed by atoms with Crippen LogP contribution in [0.25, 0.3) is 0 Å². The lowest BCUT2D eigenvalue weighted by molar-refractivity contribution is -0.118. The van der Waals surface area contributed by atoms with Crippen LogP contribution in [0, 0.1) is 0 Å². The number of benzene rings is 1. The molecule has 0 heterocycles. The van der Waals surface area contributed by atoms with E-state index in [0.717, 1.165) is 5.56 Å². The molecule has 0 saturated heterocycles. The van der Waals surface area contributed by atoms with Gasteiger partial charge in [0, 0.05) is 18.5 Å². The summed E-state index contributed by atoms with van der Waals surface area (Å²) in [7, 11) is 0. The largest absolute Gasteiger partial charge is 0.392 e. The number of aliphatic hydroxyl groups is 1. The second-order valence-corrected chi connectivity index (χ2v) is 3.72. The molecule has 5 nitrogen and oxygen atoms in total. The van der Waals surface area contributed by atoms with Gasteiger partial charge in [0.05, 0.1) is 6.61 Å². The first-order valence-corrected chi connectivity index (χ1v) is 5.40. The van der Waals surface area contributed by atoms with E-state index in [0.29, 0.717) is 12.1 Å². The van der Waals surface area contributed by atoms with Crippen LogP contribution in [-0.4, -0.2) is 16.9 Å². The lowest BCUT2D eigenvalue weighted by Gasteiger charge is -2.05. The smallest absolute Gasteiger partial charge is 0.224 e. The van der Waals surface area contributed by atoms with E-state index in [-0.39, 0.29) is 25.4 Å². The van der Waals surface area contributed by atoms with E-state index in [2.05, 4.69) is 5.32 Å². The zero-order valence-electron chi connectivity index (χ0n) is 9.48. The van der Waals surface area contributed by atoms with Gasteiger partial charge in [0.1, 0.15) is 0 Å². The lowest BCUT2D eigenvalue weighted by atomic mass is 10.2. The molecule has 1 aromatic carbocycles. The maximum Gasteiger partial charge on any atom is 0.224 e. The highest BCUT2D eigenvalue weighted by atomic mass is 16.3. The van der Waals surface area contributed by atoms with Crippen molar-refractivity contribution in [3.8, 4) is 0 Å². The number of aliphatic hydroxyl groups excluding tert-OH is 1. The number of hydrogen-bond acceptors (Lipinski definition) is 3. The van der Waals surface area contributed by atoms with Crippen LogP contribution in [0.1, 0.15) is 24.8 Å². The third kappa shape index (κ3) is 5.12. The first kappa shape index (κ1) is 13.2. The maximum absolute atomic E-state index is 11.4. The fourth-order valence-corrected chi connectivity index (χ4v) is 1.34. The third-order valence-corrected chi connectivity index (χ3v) is 2.25. The van der Waals surface area contributed by atoms with Crippen molar-refractivity contribution < 1.29 is 14.7 Å². The van der Waals surface area contributed by atoms with E-state index in [1.54, 1.807) is 24.3 Å². The Hall–Kier alpha value is -1.88. The van der Waals surface area contributed by atoms with Gasteiger partial charge in [-0.1, -0.05) is 12.1 Å². The van der Waals surface area contributed by atoms with Crippen molar-refractivity contribution in [2.24, 2.45) is 5.73 Å².